The Balaban J connectivity index is 2.03. The van der Waals surface area contributed by atoms with Gasteiger partial charge in [-0.05, 0) is 12.1 Å². The second-order valence-corrected chi connectivity index (χ2v) is 3.33. The van der Waals surface area contributed by atoms with Crippen LogP contribution in [0.15, 0.2) is 24.4 Å². The van der Waals surface area contributed by atoms with Gasteiger partial charge in [0.1, 0.15) is 12.0 Å². The summed E-state index contributed by atoms with van der Waals surface area (Å²) in [6.45, 7) is 2.56. The molecule has 1 N–H and O–H groups in total. The number of aromatic nitrogens is 1. The van der Waals surface area contributed by atoms with Gasteiger partial charge in [-0.2, -0.15) is 0 Å². The predicted octanol–water partition coefficient (Wildman–Crippen LogP) is 0.464. The summed E-state index contributed by atoms with van der Waals surface area (Å²) < 4.78 is 5.62. The van der Waals surface area contributed by atoms with E-state index in [0.717, 1.165) is 25.5 Å². The van der Waals surface area contributed by atoms with Crippen molar-refractivity contribution in [2.45, 2.75) is 6.23 Å². The van der Waals surface area contributed by atoms with Crippen LogP contribution in [0.25, 0.3) is 0 Å². The summed E-state index contributed by atoms with van der Waals surface area (Å²) in [5.41, 5.74) is 0. The molecule has 1 aromatic heterocycles. The fourth-order valence-electron chi connectivity index (χ4n) is 1.51. The SMILES string of the molecule is CN(c1ccccn1)C1CNCCO1. The second kappa shape index (κ2) is 4.39. The lowest BCUT2D eigenvalue weighted by Crippen LogP contribution is -2.48. The first-order valence-electron chi connectivity index (χ1n) is 4.84. The number of likely N-dealkylation sites (N-methyl/N-ethyl adjacent to an activating group) is 1. The third-order valence-electron chi connectivity index (χ3n) is 2.35. The molecule has 1 aliphatic heterocycles. The summed E-state index contributed by atoms with van der Waals surface area (Å²) in [7, 11) is 2.00. The number of hydrogen-bond donors (Lipinski definition) is 1. The minimum Gasteiger partial charge on any atom is -0.356 e. The van der Waals surface area contributed by atoms with Crippen LogP contribution in [0.1, 0.15) is 0 Å². The van der Waals surface area contributed by atoms with Crippen LogP contribution in [0, 0.1) is 0 Å². The largest absolute Gasteiger partial charge is 0.356 e. The van der Waals surface area contributed by atoms with Gasteiger partial charge in [-0.1, -0.05) is 6.07 Å². The van der Waals surface area contributed by atoms with Gasteiger partial charge < -0.3 is 15.0 Å². The molecule has 1 fully saturated rings. The van der Waals surface area contributed by atoms with Crippen LogP contribution < -0.4 is 10.2 Å². The van der Waals surface area contributed by atoms with E-state index in [9.17, 15) is 0 Å². The van der Waals surface area contributed by atoms with Crippen molar-refractivity contribution in [3.8, 4) is 0 Å². The molecule has 0 aromatic carbocycles. The Morgan fingerprint density at radius 2 is 2.50 bits per heavy atom. The summed E-state index contributed by atoms with van der Waals surface area (Å²) in [6, 6.07) is 5.88. The van der Waals surface area contributed by atoms with Crippen LogP contribution in [0.4, 0.5) is 5.82 Å². The number of nitrogens with one attached hydrogen (secondary N) is 1. The van der Waals surface area contributed by atoms with E-state index in [1.807, 2.05) is 30.1 Å². The maximum Gasteiger partial charge on any atom is 0.143 e. The van der Waals surface area contributed by atoms with Crippen molar-refractivity contribution in [3.05, 3.63) is 24.4 Å². The molecular weight excluding hydrogens is 178 g/mol. The van der Waals surface area contributed by atoms with Gasteiger partial charge in [-0.15, -0.1) is 0 Å². The molecule has 0 saturated carbocycles. The van der Waals surface area contributed by atoms with E-state index >= 15 is 0 Å². The number of morpholine rings is 1. The summed E-state index contributed by atoms with van der Waals surface area (Å²) in [5.74, 6) is 0.946. The molecule has 76 valence electrons. The topological polar surface area (TPSA) is 37.4 Å². The van der Waals surface area contributed by atoms with Crippen LogP contribution in [0.3, 0.4) is 0 Å². The van der Waals surface area contributed by atoms with Gasteiger partial charge >= 0.3 is 0 Å². The standard InChI is InChI=1S/C10H15N3O/c1-13(9-4-2-3-5-12-9)10-8-11-6-7-14-10/h2-5,10-11H,6-8H2,1H3. The molecule has 1 unspecified atom stereocenters. The third kappa shape index (κ3) is 2.02. The maximum atomic E-state index is 5.62. The Labute approximate surface area is 83.9 Å². The lowest BCUT2D eigenvalue weighted by Gasteiger charge is -2.32. The number of anilines is 1. The van der Waals surface area contributed by atoms with Crippen molar-refractivity contribution >= 4 is 5.82 Å². The summed E-state index contributed by atoms with van der Waals surface area (Å²) >= 11 is 0. The van der Waals surface area contributed by atoms with Crippen LogP contribution in [0.5, 0.6) is 0 Å². The van der Waals surface area contributed by atoms with Crippen molar-refractivity contribution in [1.82, 2.24) is 10.3 Å². The van der Waals surface area contributed by atoms with Crippen molar-refractivity contribution in [1.29, 1.82) is 0 Å². The Bertz CT molecular complexity index is 272. The zero-order chi connectivity index (χ0) is 9.80. The van der Waals surface area contributed by atoms with Gasteiger partial charge in [0.2, 0.25) is 0 Å². The summed E-state index contributed by atoms with van der Waals surface area (Å²) in [6.07, 6.45) is 1.89. The maximum absolute atomic E-state index is 5.62. The lowest BCUT2D eigenvalue weighted by molar-refractivity contribution is 0.0294. The van der Waals surface area contributed by atoms with E-state index in [-0.39, 0.29) is 6.23 Å². The van der Waals surface area contributed by atoms with Crippen molar-refractivity contribution in [2.75, 3.05) is 31.6 Å². The lowest BCUT2D eigenvalue weighted by atomic mass is 10.4. The van der Waals surface area contributed by atoms with Crippen molar-refractivity contribution in [3.63, 3.8) is 0 Å². The first-order chi connectivity index (χ1) is 6.88. The minimum absolute atomic E-state index is 0.0960. The zero-order valence-corrected chi connectivity index (χ0v) is 8.31. The van der Waals surface area contributed by atoms with E-state index in [4.69, 9.17) is 4.74 Å². The number of hydrogen-bond acceptors (Lipinski definition) is 4. The highest BCUT2D eigenvalue weighted by Crippen LogP contribution is 2.12. The third-order valence-corrected chi connectivity index (χ3v) is 2.35. The molecule has 0 aliphatic carbocycles. The molecule has 4 nitrogen and oxygen atoms in total. The normalized spacial score (nSPS) is 21.9. The van der Waals surface area contributed by atoms with E-state index in [0.29, 0.717) is 0 Å². The van der Waals surface area contributed by atoms with Gasteiger partial charge in [0, 0.05) is 26.3 Å². The van der Waals surface area contributed by atoms with Crippen molar-refractivity contribution < 1.29 is 4.74 Å². The van der Waals surface area contributed by atoms with Gasteiger partial charge in [0.15, 0.2) is 0 Å². The first-order valence-corrected chi connectivity index (χ1v) is 4.84. The Hall–Kier alpha value is -1.13. The fraction of sp³-hybridized carbons (Fsp3) is 0.500. The molecule has 2 rings (SSSR count). The Morgan fingerprint density at radius 1 is 1.57 bits per heavy atom. The molecular formula is C10H15N3O. The van der Waals surface area contributed by atoms with Gasteiger partial charge in [-0.3, -0.25) is 0 Å². The highest BCUT2D eigenvalue weighted by molar-refractivity contribution is 5.37. The Kier molecular flexibility index (Phi) is 2.96. The summed E-state index contributed by atoms with van der Waals surface area (Å²) in [5, 5.41) is 3.29. The molecule has 4 heteroatoms. The molecule has 2 heterocycles. The quantitative estimate of drug-likeness (QED) is 0.740. The van der Waals surface area contributed by atoms with Gasteiger partial charge in [0.05, 0.1) is 6.61 Å². The first kappa shape index (κ1) is 9.43. The molecule has 0 radical (unpaired) electrons. The summed E-state index contributed by atoms with van der Waals surface area (Å²) in [4.78, 5) is 6.32. The Morgan fingerprint density at radius 3 is 3.14 bits per heavy atom. The van der Waals surface area contributed by atoms with E-state index < -0.39 is 0 Å². The minimum atomic E-state index is 0.0960. The predicted molar refractivity (Wildman–Crippen MR) is 55.2 cm³/mol. The molecule has 0 spiro atoms. The van der Waals surface area contributed by atoms with Crippen LogP contribution in [-0.2, 0) is 4.74 Å². The number of nitrogens with zero attached hydrogens (tertiary/aromatic N) is 2. The van der Waals surface area contributed by atoms with Gasteiger partial charge in [-0.25, -0.2) is 4.98 Å². The molecule has 0 amide bonds. The smallest absolute Gasteiger partial charge is 0.143 e. The molecule has 1 saturated heterocycles. The number of ether oxygens (including phenoxy) is 1. The molecule has 1 atom stereocenters. The van der Waals surface area contributed by atoms with Crippen LogP contribution in [0.2, 0.25) is 0 Å². The van der Waals surface area contributed by atoms with Crippen LogP contribution >= 0.6 is 0 Å². The zero-order valence-electron chi connectivity index (χ0n) is 8.31. The van der Waals surface area contributed by atoms with E-state index in [2.05, 4.69) is 10.3 Å². The van der Waals surface area contributed by atoms with E-state index in [1.54, 1.807) is 6.20 Å². The molecule has 14 heavy (non-hydrogen) atoms. The molecule has 1 aliphatic rings. The second-order valence-electron chi connectivity index (χ2n) is 3.33. The molecule has 1 aromatic rings. The van der Waals surface area contributed by atoms with Crippen LogP contribution in [-0.4, -0.2) is 38.0 Å². The average molecular weight is 193 g/mol. The monoisotopic (exact) mass is 193 g/mol. The van der Waals surface area contributed by atoms with E-state index in [1.165, 1.54) is 0 Å². The molecule has 0 bridgehead atoms. The highest BCUT2D eigenvalue weighted by Gasteiger charge is 2.18. The average Bonchev–Trinajstić information content (AvgIpc) is 2.30. The van der Waals surface area contributed by atoms with Gasteiger partial charge in [0.25, 0.3) is 0 Å². The fourth-order valence-corrected chi connectivity index (χ4v) is 1.51. The number of rotatable bonds is 2. The van der Waals surface area contributed by atoms with Crippen molar-refractivity contribution in [2.24, 2.45) is 0 Å². The number of pyridine rings is 1. The highest BCUT2D eigenvalue weighted by atomic mass is 16.5.